The quantitative estimate of drug-likeness (QED) is 0.166. The van der Waals surface area contributed by atoms with Crippen molar-refractivity contribution in [3.63, 3.8) is 0 Å². The van der Waals surface area contributed by atoms with E-state index in [1.165, 1.54) is 11.3 Å². The van der Waals surface area contributed by atoms with E-state index in [4.69, 9.17) is 30.8 Å². The number of para-hydroxylation sites is 1. The standard InChI is InChI=1S/C36H34ClN3O5S/c1-5-11-28-32(35(42)45-6-2)33(26-19-24(43-3)16-17-30(26)44-4)40-34(41)31(46-36(40)38-28)18-23-21-39(29-15-10-8-13-25(23)29)20-22-12-7-9-14-27(22)37/h7-10,12-19,21,33H,5-6,11,20H2,1-4H3/b31-18-/t33-/m1/s1. The summed E-state index contributed by atoms with van der Waals surface area (Å²) in [7, 11) is 3.14. The van der Waals surface area contributed by atoms with Crippen LogP contribution in [0.25, 0.3) is 17.0 Å². The van der Waals surface area contributed by atoms with Gasteiger partial charge < -0.3 is 18.8 Å². The second kappa shape index (κ2) is 13.4. The minimum Gasteiger partial charge on any atom is -0.497 e. The molecule has 0 fully saturated rings. The van der Waals surface area contributed by atoms with Crippen molar-refractivity contribution in [3.8, 4) is 11.5 Å². The van der Waals surface area contributed by atoms with E-state index in [1.807, 2.05) is 61.7 Å². The normalized spacial score (nSPS) is 14.7. The highest BCUT2D eigenvalue weighted by atomic mass is 35.5. The van der Waals surface area contributed by atoms with E-state index in [-0.39, 0.29) is 12.2 Å². The summed E-state index contributed by atoms with van der Waals surface area (Å²) in [6.07, 6.45) is 5.24. The van der Waals surface area contributed by atoms with Gasteiger partial charge in [-0.2, -0.15) is 0 Å². The molecule has 236 valence electrons. The Kier molecular flexibility index (Phi) is 9.15. The van der Waals surface area contributed by atoms with Crippen LogP contribution in [-0.4, -0.2) is 35.9 Å². The number of halogens is 1. The summed E-state index contributed by atoms with van der Waals surface area (Å²) in [4.78, 5) is 33.5. The molecule has 1 atom stereocenters. The third-order valence-electron chi connectivity index (χ3n) is 8.03. The zero-order valence-corrected chi connectivity index (χ0v) is 27.7. The van der Waals surface area contributed by atoms with E-state index >= 15 is 0 Å². The Hall–Kier alpha value is -4.60. The lowest BCUT2D eigenvalue weighted by atomic mass is 9.93. The molecule has 5 aromatic rings. The molecule has 0 radical (unpaired) electrons. The number of carbonyl (C=O) groups excluding carboxylic acids is 1. The lowest BCUT2D eigenvalue weighted by molar-refractivity contribution is -0.139. The van der Waals surface area contributed by atoms with Crippen LogP contribution < -0.4 is 24.4 Å². The highest BCUT2D eigenvalue weighted by Gasteiger charge is 2.36. The van der Waals surface area contributed by atoms with Crippen LogP contribution in [0.5, 0.6) is 11.5 Å². The number of benzene rings is 3. The molecule has 10 heteroatoms. The summed E-state index contributed by atoms with van der Waals surface area (Å²) in [5, 5.41) is 1.70. The summed E-state index contributed by atoms with van der Waals surface area (Å²) < 4.78 is 21.1. The number of carbonyl (C=O) groups is 1. The highest BCUT2D eigenvalue weighted by Crippen LogP contribution is 2.39. The smallest absolute Gasteiger partial charge is 0.338 e. The maximum atomic E-state index is 14.4. The number of hydrogen-bond acceptors (Lipinski definition) is 7. The van der Waals surface area contributed by atoms with Gasteiger partial charge in [-0.1, -0.05) is 72.7 Å². The fourth-order valence-corrected chi connectivity index (χ4v) is 7.15. The van der Waals surface area contributed by atoms with E-state index in [0.717, 1.165) is 28.5 Å². The summed E-state index contributed by atoms with van der Waals surface area (Å²) >= 11 is 7.80. The average molecular weight is 656 g/mol. The molecule has 2 aromatic heterocycles. The molecule has 0 amide bonds. The molecule has 0 saturated carbocycles. The van der Waals surface area contributed by atoms with Gasteiger partial charge in [-0.25, -0.2) is 9.79 Å². The maximum Gasteiger partial charge on any atom is 0.338 e. The number of fused-ring (bicyclic) bond motifs is 2. The molecular weight excluding hydrogens is 622 g/mol. The van der Waals surface area contributed by atoms with Crippen LogP contribution in [0.1, 0.15) is 49.4 Å². The van der Waals surface area contributed by atoms with Gasteiger partial charge in [-0.15, -0.1) is 0 Å². The number of ether oxygens (including phenoxy) is 3. The van der Waals surface area contributed by atoms with Gasteiger partial charge in [0.2, 0.25) is 0 Å². The van der Waals surface area contributed by atoms with Gasteiger partial charge >= 0.3 is 5.97 Å². The van der Waals surface area contributed by atoms with Crippen molar-refractivity contribution in [1.29, 1.82) is 0 Å². The number of aromatic nitrogens is 2. The zero-order chi connectivity index (χ0) is 32.4. The Bertz CT molecular complexity index is 2160. The van der Waals surface area contributed by atoms with Gasteiger partial charge in [0.1, 0.15) is 17.5 Å². The molecular formula is C36H34ClN3O5S. The predicted molar refractivity (Wildman–Crippen MR) is 182 cm³/mol. The molecule has 0 spiro atoms. The van der Waals surface area contributed by atoms with Crippen molar-refractivity contribution in [3.05, 3.63) is 126 Å². The van der Waals surface area contributed by atoms with Crippen LogP contribution in [-0.2, 0) is 16.1 Å². The average Bonchev–Trinajstić information content (AvgIpc) is 3.57. The Morgan fingerprint density at radius 2 is 1.83 bits per heavy atom. The minimum absolute atomic E-state index is 0.187. The Morgan fingerprint density at radius 3 is 2.57 bits per heavy atom. The van der Waals surface area contributed by atoms with Crippen LogP contribution in [0.2, 0.25) is 5.02 Å². The molecule has 0 unspecified atom stereocenters. The summed E-state index contributed by atoms with van der Waals surface area (Å²) in [5.74, 6) is 0.575. The van der Waals surface area contributed by atoms with E-state index in [1.54, 1.807) is 43.9 Å². The van der Waals surface area contributed by atoms with Crippen molar-refractivity contribution in [2.45, 2.75) is 39.3 Å². The van der Waals surface area contributed by atoms with Crippen molar-refractivity contribution in [1.82, 2.24) is 9.13 Å². The molecule has 6 rings (SSSR count). The highest BCUT2D eigenvalue weighted by molar-refractivity contribution is 7.07. The van der Waals surface area contributed by atoms with Crippen LogP contribution in [0.15, 0.2) is 94.0 Å². The molecule has 0 saturated heterocycles. The number of methoxy groups -OCH3 is 2. The molecule has 0 N–H and O–H groups in total. The lowest BCUT2D eigenvalue weighted by Crippen LogP contribution is -2.40. The van der Waals surface area contributed by atoms with Crippen molar-refractivity contribution >= 4 is 45.9 Å². The largest absolute Gasteiger partial charge is 0.497 e. The number of thiazole rings is 1. The number of esters is 1. The van der Waals surface area contributed by atoms with Crippen LogP contribution in [0.3, 0.4) is 0 Å². The predicted octanol–water partition coefficient (Wildman–Crippen LogP) is 6.25. The summed E-state index contributed by atoms with van der Waals surface area (Å²) in [6.45, 7) is 4.55. The fraction of sp³-hybridized carbons (Fsp3) is 0.250. The number of hydrogen-bond donors (Lipinski definition) is 0. The SMILES string of the molecule is CCCC1=C(C(=O)OCC)[C@@H](c2cc(OC)ccc2OC)n2c(s/c(=C\c3cn(Cc4ccccc4Cl)c4ccccc34)c2=O)=N1. The zero-order valence-electron chi connectivity index (χ0n) is 26.1. The number of rotatable bonds is 10. The Morgan fingerprint density at radius 1 is 1.04 bits per heavy atom. The van der Waals surface area contributed by atoms with Crippen molar-refractivity contribution in [2.75, 3.05) is 20.8 Å². The van der Waals surface area contributed by atoms with Gasteiger partial charge in [0, 0.05) is 39.8 Å². The molecule has 46 heavy (non-hydrogen) atoms. The van der Waals surface area contributed by atoms with Crippen LogP contribution in [0.4, 0.5) is 0 Å². The second-order valence-electron chi connectivity index (χ2n) is 10.8. The second-order valence-corrected chi connectivity index (χ2v) is 12.3. The first kappa shape index (κ1) is 31.4. The molecule has 1 aliphatic heterocycles. The third-order valence-corrected chi connectivity index (χ3v) is 9.38. The molecule has 0 bridgehead atoms. The van der Waals surface area contributed by atoms with Gasteiger partial charge in [-0.3, -0.25) is 9.36 Å². The molecule has 3 heterocycles. The summed E-state index contributed by atoms with van der Waals surface area (Å²) in [6, 6.07) is 20.4. The van der Waals surface area contributed by atoms with Gasteiger partial charge in [0.05, 0.1) is 36.6 Å². The van der Waals surface area contributed by atoms with E-state index in [9.17, 15) is 9.59 Å². The summed E-state index contributed by atoms with van der Waals surface area (Å²) in [5.41, 5.74) is 4.18. The number of allylic oxidation sites excluding steroid dienone is 1. The van der Waals surface area contributed by atoms with Gasteiger partial charge in [0.25, 0.3) is 5.56 Å². The van der Waals surface area contributed by atoms with Gasteiger partial charge in [0.15, 0.2) is 4.80 Å². The first-order chi connectivity index (χ1) is 22.4. The molecule has 1 aliphatic rings. The molecule has 0 aliphatic carbocycles. The van der Waals surface area contributed by atoms with Crippen molar-refractivity contribution < 1.29 is 19.0 Å². The molecule has 8 nitrogen and oxygen atoms in total. The van der Waals surface area contributed by atoms with E-state index in [2.05, 4.69) is 10.6 Å². The van der Waals surface area contributed by atoms with Gasteiger partial charge in [-0.05, 0) is 55.3 Å². The maximum absolute atomic E-state index is 14.4. The first-order valence-electron chi connectivity index (χ1n) is 15.1. The molecule has 3 aromatic carbocycles. The number of nitrogens with zero attached hydrogens (tertiary/aromatic N) is 3. The Labute approximate surface area is 275 Å². The fourth-order valence-electron chi connectivity index (χ4n) is 5.94. The minimum atomic E-state index is -0.828. The van der Waals surface area contributed by atoms with Crippen LogP contribution in [0, 0.1) is 0 Å². The third kappa shape index (κ3) is 5.76. The lowest BCUT2D eigenvalue weighted by Gasteiger charge is -2.27. The van der Waals surface area contributed by atoms with E-state index < -0.39 is 12.0 Å². The van der Waals surface area contributed by atoms with Crippen molar-refractivity contribution in [2.24, 2.45) is 4.99 Å². The Balaban J connectivity index is 1.58. The first-order valence-corrected chi connectivity index (χ1v) is 16.3. The van der Waals surface area contributed by atoms with E-state index in [0.29, 0.717) is 55.7 Å². The van der Waals surface area contributed by atoms with Crippen LogP contribution >= 0.6 is 22.9 Å². The monoisotopic (exact) mass is 655 g/mol. The topological polar surface area (TPSA) is 84.0 Å².